The maximum absolute atomic E-state index is 15.0. The summed E-state index contributed by atoms with van der Waals surface area (Å²) in [6.45, 7) is 3.96. The maximum Gasteiger partial charge on any atom is 0.133 e. The van der Waals surface area contributed by atoms with Crippen molar-refractivity contribution in [1.82, 2.24) is 20.2 Å². The first kappa shape index (κ1) is 17.3. The molecule has 28 heavy (non-hydrogen) atoms. The maximum atomic E-state index is 15.0. The van der Waals surface area contributed by atoms with E-state index < -0.39 is 0 Å². The van der Waals surface area contributed by atoms with Crippen molar-refractivity contribution in [2.24, 2.45) is 0 Å². The molecule has 1 aliphatic carbocycles. The van der Waals surface area contributed by atoms with Crippen molar-refractivity contribution in [1.29, 1.82) is 0 Å². The van der Waals surface area contributed by atoms with Crippen molar-refractivity contribution in [2.75, 3.05) is 0 Å². The average Bonchev–Trinajstić information content (AvgIpc) is 3.13. The molecule has 5 heteroatoms. The molecule has 0 amide bonds. The van der Waals surface area contributed by atoms with Crippen LogP contribution < -0.4 is 0 Å². The molecule has 142 valence electrons. The molecule has 4 aromatic rings. The van der Waals surface area contributed by atoms with Crippen molar-refractivity contribution in [3.05, 3.63) is 53.2 Å². The van der Waals surface area contributed by atoms with Gasteiger partial charge in [0.25, 0.3) is 0 Å². The predicted octanol–water partition coefficient (Wildman–Crippen LogP) is 5.98. The Bertz CT molecular complexity index is 1190. The molecule has 1 fully saturated rings. The van der Waals surface area contributed by atoms with E-state index >= 15 is 0 Å². The van der Waals surface area contributed by atoms with Gasteiger partial charge in [-0.2, -0.15) is 10.2 Å². The molecular weight excluding hydrogens is 351 g/mol. The van der Waals surface area contributed by atoms with Crippen LogP contribution in [0.2, 0.25) is 0 Å². The predicted molar refractivity (Wildman–Crippen MR) is 110 cm³/mol. The number of H-pyrrole nitrogens is 1. The largest absolute Gasteiger partial charge is 0.353 e. The molecule has 0 saturated heterocycles. The number of halogens is 1. The SMILES string of the molecule is Cc1cc2cc(-c3cc(F)c4cc(C5CCCCC5)nnc4c3)[nH]c2c(C)n1. The molecule has 0 unspecified atom stereocenters. The number of rotatable bonds is 2. The Kier molecular flexibility index (Phi) is 4.11. The number of aromatic amines is 1. The van der Waals surface area contributed by atoms with Crippen LogP contribution in [0.4, 0.5) is 4.39 Å². The monoisotopic (exact) mass is 374 g/mol. The fourth-order valence-corrected chi connectivity index (χ4v) is 4.49. The summed E-state index contributed by atoms with van der Waals surface area (Å²) >= 11 is 0. The van der Waals surface area contributed by atoms with Gasteiger partial charge in [0.1, 0.15) is 5.82 Å². The molecule has 1 aromatic carbocycles. The summed E-state index contributed by atoms with van der Waals surface area (Å²) in [7, 11) is 0. The third-order valence-corrected chi connectivity index (χ3v) is 5.93. The van der Waals surface area contributed by atoms with E-state index in [0.29, 0.717) is 16.8 Å². The van der Waals surface area contributed by atoms with E-state index in [1.165, 1.54) is 19.3 Å². The van der Waals surface area contributed by atoms with Gasteiger partial charge in [0, 0.05) is 33.6 Å². The lowest BCUT2D eigenvalue weighted by Gasteiger charge is -2.20. The van der Waals surface area contributed by atoms with Crippen LogP contribution in [0.3, 0.4) is 0 Å². The van der Waals surface area contributed by atoms with Crippen molar-refractivity contribution in [2.45, 2.75) is 51.9 Å². The lowest BCUT2D eigenvalue weighted by atomic mass is 9.86. The summed E-state index contributed by atoms with van der Waals surface area (Å²) < 4.78 is 15.0. The highest BCUT2D eigenvalue weighted by molar-refractivity contribution is 5.90. The van der Waals surface area contributed by atoms with E-state index in [9.17, 15) is 4.39 Å². The van der Waals surface area contributed by atoms with Crippen LogP contribution in [0.5, 0.6) is 0 Å². The molecule has 3 heterocycles. The van der Waals surface area contributed by atoms with Gasteiger partial charge in [0.15, 0.2) is 0 Å². The number of nitrogens with zero attached hydrogens (tertiary/aromatic N) is 3. The molecule has 0 atom stereocenters. The number of benzene rings is 1. The van der Waals surface area contributed by atoms with Crippen LogP contribution >= 0.6 is 0 Å². The smallest absolute Gasteiger partial charge is 0.133 e. The Morgan fingerprint density at radius 1 is 0.964 bits per heavy atom. The number of fused-ring (bicyclic) bond motifs is 2. The summed E-state index contributed by atoms with van der Waals surface area (Å²) in [6, 6.07) is 9.49. The van der Waals surface area contributed by atoms with Gasteiger partial charge in [-0.15, -0.1) is 0 Å². The van der Waals surface area contributed by atoms with Crippen LogP contribution in [0.1, 0.15) is 55.1 Å². The zero-order chi connectivity index (χ0) is 19.3. The van der Waals surface area contributed by atoms with Crippen LogP contribution in [-0.4, -0.2) is 20.2 Å². The van der Waals surface area contributed by atoms with Crippen molar-refractivity contribution in [3.63, 3.8) is 0 Å². The number of hydrogen-bond donors (Lipinski definition) is 1. The molecule has 0 radical (unpaired) electrons. The third kappa shape index (κ3) is 2.95. The van der Waals surface area contributed by atoms with Gasteiger partial charge in [0.2, 0.25) is 0 Å². The Morgan fingerprint density at radius 2 is 1.79 bits per heavy atom. The normalized spacial score (nSPS) is 15.5. The second-order valence-electron chi connectivity index (χ2n) is 7.99. The number of hydrogen-bond acceptors (Lipinski definition) is 3. The molecule has 1 saturated carbocycles. The Hall–Kier alpha value is -2.82. The Balaban J connectivity index is 1.58. The van der Waals surface area contributed by atoms with Crippen molar-refractivity contribution >= 4 is 21.8 Å². The lowest BCUT2D eigenvalue weighted by molar-refractivity contribution is 0.434. The minimum Gasteiger partial charge on any atom is -0.353 e. The van der Waals surface area contributed by atoms with E-state index in [1.54, 1.807) is 6.07 Å². The first-order valence-electron chi connectivity index (χ1n) is 10.0. The second-order valence-corrected chi connectivity index (χ2v) is 7.99. The molecule has 3 aromatic heterocycles. The summed E-state index contributed by atoms with van der Waals surface area (Å²) in [6.07, 6.45) is 5.98. The topological polar surface area (TPSA) is 54.5 Å². The first-order chi connectivity index (χ1) is 13.6. The summed E-state index contributed by atoms with van der Waals surface area (Å²) in [5.74, 6) is 0.168. The molecule has 0 aliphatic heterocycles. The van der Waals surface area contributed by atoms with E-state index in [2.05, 4.69) is 20.2 Å². The van der Waals surface area contributed by atoms with Gasteiger partial charge in [-0.1, -0.05) is 19.3 Å². The number of pyridine rings is 1. The zero-order valence-electron chi connectivity index (χ0n) is 16.2. The highest BCUT2D eigenvalue weighted by atomic mass is 19.1. The van der Waals surface area contributed by atoms with Gasteiger partial charge < -0.3 is 4.98 Å². The quantitative estimate of drug-likeness (QED) is 0.470. The van der Waals surface area contributed by atoms with Crippen LogP contribution in [0, 0.1) is 19.7 Å². The molecule has 0 bridgehead atoms. The van der Waals surface area contributed by atoms with Crippen molar-refractivity contribution in [3.8, 4) is 11.3 Å². The molecule has 1 aliphatic rings. The highest BCUT2D eigenvalue weighted by Crippen LogP contribution is 2.34. The number of aromatic nitrogens is 4. The minimum atomic E-state index is -0.246. The molecule has 1 N–H and O–H groups in total. The summed E-state index contributed by atoms with van der Waals surface area (Å²) in [5.41, 5.74) is 6.07. The standard InChI is InChI=1S/C23H23FN4/c1-13-8-17-11-20(26-23(17)14(2)25-13)16-9-19(24)18-12-21(27-28-22(18)10-16)15-6-4-3-5-7-15/h8-12,15,26H,3-7H2,1-2H3. The van der Waals surface area contributed by atoms with Crippen LogP contribution in [-0.2, 0) is 0 Å². The van der Waals surface area contributed by atoms with E-state index in [0.717, 1.165) is 52.1 Å². The molecule has 0 spiro atoms. The minimum absolute atomic E-state index is 0.246. The number of aryl methyl sites for hydroxylation is 2. The molecular formula is C23H23FN4. The highest BCUT2D eigenvalue weighted by Gasteiger charge is 2.19. The first-order valence-corrected chi connectivity index (χ1v) is 10.0. The average molecular weight is 374 g/mol. The fourth-order valence-electron chi connectivity index (χ4n) is 4.49. The van der Waals surface area contributed by atoms with Gasteiger partial charge in [-0.3, -0.25) is 4.98 Å². The van der Waals surface area contributed by atoms with Crippen molar-refractivity contribution < 1.29 is 4.39 Å². The lowest BCUT2D eigenvalue weighted by Crippen LogP contribution is -2.07. The van der Waals surface area contributed by atoms with E-state index in [4.69, 9.17) is 0 Å². The molecule has 4 nitrogen and oxygen atoms in total. The summed E-state index contributed by atoms with van der Waals surface area (Å²) in [5, 5.41) is 10.5. The summed E-state index contributed by atoms with van der Waals surface area (Å²) in [4.78, 5) is 7.89. The van der Waals surface area contributed by atoms with E-state index in [1.807, 2.05) is 38.1 Å². The van der Waals surface area contributed by atoms with Gasteiger partial charge in [-0.05, 0) is 57.0 Å². The third-order valence-electron chi connectivity index (χ3n) is 5.93. The van der Waals surface area contributed by atoms with Gasteiger partial charge >= 0.3 is 0 Å². The Morgan fingerprint density at radius 3 is 2.61 bits per heavy atom. The Labute approximate surface area is 163 Å². The molecule has 5 rings (SSSR count). The second kappa shape index (κ2) is 6.66. The van der Waals surface area contributed by atoms with Gasteiger partial charge in [-0.25, -0.2) is 4.39 Å². The zero-order valence-corrected chi connectivity index (χ0v) is 16.2. The number of nitrogens with one attached hydrogen (secondary N) is 1. The van der Waals surface area contributed by atoms with E-state index in [-0.39, 0.29) is 5.82 Å². The fraction of sp³-hybridized carbons (Fsp3) is 0.348. The van der Waals surface area contributed by atoms with Crippen LogP contribution in [0.15, 0.2) is 30.3 Å². The van der Waals surface area contributed by atoms with Gasteiger partial charge in [0.05, 0.1) is 22.4 Å². The van der Waals surface area contributed by atoms with Crippen LogP contribution in [0.25, 0.3) is 33.1 Å².